The Kier molecular flexibility index (Phi) is 3.02. The van der Waals surface area contributed by atoms with Crippen LogP contribution in [0.25, 0.3) is 11.0 Å². The Bertz CT molecular complexity index is 286. The van der Waals surface area contributed by atoms with Gasteiger partial charge in [0.2, 0.25) is 0 Å². The van der Waals surface area contributed by atoms with Gasteiger partial charge >= 0.3 is 0 Å². The van der Waals surface area contributed by atoms with Crippen LogP contribution in [-0.4, -0.2) is 9.97 Å². The molecule has 0 saturated carbocycles. The number of fused-ring (bicyclic) bond motifs is 1. The molecule has 51 valence electrons. The fraction of sp³-hybridized carbons (Fsp3) is 0. The first-order valence-electron chi connectivity index (χ1n) is 2.85. The Morgan fingerprint density at radius 1 is 1.20 bits per heavy atom. The molecular formula is C7H6EuN2. The minimum absolute atomic E-state index is 0. The van der Waals surface area contributed by atoms with Crippen LogP contribution in [0.2, 0.25) is 0 Å². The Balaban J connectivity index is 0.000000500. The molecule has 0 atom stereocenters. The first-order valence-corrected chi connectivity index (χ1v) is 2.85. The molecule has 0 bridgehead atoms. The molecule has 0 saturated heterocycles. The normalized spacial score (nSPS) is 9.20. The molecule has 0 unspecified atom stereocenters. The summed E-state index contributed by atoms with van der Waals surface area (Å²) in [7, 11) is 0. The molecule has 1 aromatic carbocycles. The largest absolute Gasteiger partial charge is 0.345 e. The number of para-hydroxylation sites is 2. The van der Waals surface area contributed by atoms with Crippen molar-refractivity contribution in [1.82, 2.24) is 9.97 Å². The van der Waals surface area contributed by atoms with Gasteiger partial charge < -0.3 is 4.98 Å². The molecule has 2 rings (SSSR count). The predicted molar refractivity (Wildman–Crippen MR) is 36.1 cm³/mol. The summed E-state index contributed by atoms with van der Waals surface area (Å²) in [4.78, 5) is 7.07. The number of aromatic nitrogens is 2. The molecule has 0 aliphatic heterocycles. The third kappa shape index (κ3) is 1.47. The summed E-state index contributed by atoms with van der Waals surface area (Å²) in [5, 5.41) is 0. The van der Waals surface area contributed by atoms with E-state index in [1.165, 1.54) is 0 Å². The maximum atomic E-state index is 4.06. The monoisotopic (exact) mass is 271 g/mol. The third-order valence-electron chi connectivity index (χ3n) is 1.33. The van der Waals surface area contributed by atoms with Crippen LogP contribution in [0.15, 0.2) is 30.6 Å². The molecule has 1 N–H and O–H groups in total. The molecule has 0 aliphatic rings. The zero-order valence-electron chi connectivity index (χ0n) is 5.21. The van der Waals surface area contributed by atoms with Gasteiger partial charge in [-0.3, -0.25) is 0 Å². The van der Waals surface area contributed by atoms with Gasteiger partial charge in [0.1, 0.15) is 0 Å². The van der Waals surface area contributed by atoms with Gasteiger partial charge in [-0.25, -0.2) is 4.98 Å². The summed E-state index contributed by atoms with van der Waals surface area (Å²) in [6.07, 6.45) is 1.70. The van der Waals surface area contributed by atoms with Crippen molar-refractivity contribution in [2.45, 2.75) is 0 Å². The molecule has 1 aromatic heterocycles. The molecule has 0 aliphatic carbocycles. The van der Waals surface area contributed by atoms with E-state index in [0.717, 1.165) is 11.0 Å². The van der Waals surface area contributed by atoms with Crippen LogP contribution in [-0.2, 0) is 0 Å². The molecule has 2 nitrogen and oxygen atoms in total. The van der Waals surface area contributed by atoms with Gasteiger partial charge in [0.25, 0.3) is 0 Å². The first kappa shape index (κ1) is 8.37. The second-order valence-corrected chi connectivity index (χ2v) is 1.92. The van der Waals surface area contributed by atoms with Crippen molar-refractivity contribution in [3.05, 3.63) is 30.6 Å². The summed E-state index contributed by atoms with van der Waals surface area (Å²) in [6, 6.07) is 7.94. The van der Waals surface area contributed by atoms with Crippen LogP contribution in [0.5, 0.6) is 0 Å². The quantitative estimate of drug-likeness (QED) is 0.773. The number of rotatable bonds is 0. The Morgan fingerprint density at radius 3 is 2.80 bits per heavy atom. The zero-order valence-corrected chi connectivity index (χ0v) is 7.64. The summed E-state index contributed by atoms with van der Waals surface area (Å²) in [5.41, 5.74) is 2.12. The summed E-state index contributed by atoms with van der Waals surface area (Å²) in [5.74, 6) is 0. The molecule has 10 heavy (non-hydrogen) atoms. The second-order valence-electron chi connectivity index (χ2n) is 1.92. The van der Waals surface area contributed by atoms with E-state index >= 15 is 0 Å². The topological polar surface area (TPSA) is 28.7 Å². The maximum Gasteiger partial charge on any atom is 0.0931 e. The van der Waals surface area contributed by atoms with Crippen LogP contribution >= 0.6 is 0 Å². The van der Waals surface area contributed by atoms with Crippen LogP contribution in [0.1, 0.15) is 0 Å². The van der Waals surface area contributed by atoms with Gasteiger partial charge in [-0.15, -0.1) is 0 Å². The van der Waals surface area contributed by atoms with E-state index in [4.69, 9.17) is 0 Å². The van der Waals surface area contributed by atoms with Gasteiger partial charge in [0, 0.05) is 49.4 Å². The smallest absolute Gasteiger partial charge is 0.0931 e. The minimum Gasteiger partial charge on any atom is -0.345 e. The zero-order chi connectivity index (χ0) is 6.10. The van der Waals surface area contributed by atoms with Gasteiger partial charge in [-0.1, -0.05) is 12.1 Å². The SMILES string of the molecule is [Eu].c1ccc2[nH]cnc2c1. The van der Waals surface area contributed by atoms with E-state index in [-0.39, 0.29) is 49.4 Å². The minimum atomic E-state index is 0. The van der Waals surface area contributed by atoms with Crippen LogP contribution < -0.4 is 0 Å². The van der Waals surface area contributed by atoms with Crippen molar-refractivity contribution in [2.24, 2.45) is 0 Å². The standard InChI is InChI=1S/C7H6N2.Eu/c1-2-4-7-6(3-1)8-5-9-7;/h1-5H,(H,8,9);. The van der Waals surface area contributed by atoms with E-state index < -0.39 is 0 Å². The van der Waals surface area contributed by atoms with Crippen molar-refractivity contribution in [2.75, 3.05) is 0 Å². The molecule has 3 heteroatoms. The fourth-order valence-corrected chi connectivity index (χ4v) is 0.880. The van der Waals surface area contributed by atoms with Crippen LogP contribution in [0.4, 0.5) is 0 Å². The number of hydrogen-bond donors (Lipinski definition) is 1. The van der Waals surface area contributed by atoms with Crippen LogP contribution in [0, 0.1) is 49.4 Å². The van der Waals surface area contributed by atoms with E-state index in [1.54, 1.807) is 6.33 Å². The molecule has 0 spiro atoms. The van der Waals surface area contributed by atoms with Crippen LogP contribution in [0.3, 0.4) is 0 Å². The van der Waals surface area contributed by atoms with Gasteiger partial charge in [0.15, 0.2) is 0 Å². The Labute approximate surface area is 99.6 Å². The number of aromatic amines is 1. The van der Waals surface area contributed by atoms with E-state index in [0.29, 0.717) is 0 Å². The van der Waals surface area contributed by atoms with Crippen molar-refractivity contribution >= 4 is 11.0 Å². The summed E-state index contributed by atoms with van der Waals surface area (Å²) < 4.78 is 0. The van der Waals surface area contributed by atoms with Gasteiger partial charge in [-0.05, 0) is 12.1 Å². The van der Waals surface area contributed by atoms with Crippen molar-refractivity contribution < 1.29 is 49.4 Å². The molecule has 1 heterocycles. The van der Waals surface area contributed by atoms with Crippen molar-refractivity contribution in [3.63, 3.8) is 0 Å². The number of imidazole rings is 1. The second kappa shape index (κ2) is 3.60. The average molecular weight is 270 g/mol. The number of nitrogens with one attached hydrogen (secondary N) is 1. The van der Waals surface area contributed by atoms with Crippen molar-refractivity contribution in [1.29, 1.82) is 0 Å². The number of nitrogens with zero attached hydrogens (tertiary/aromatic N) is 1. The van der Waals surface area contributed by atoms with Gasteiger partial charge in [-0.2, -0.15) is 0 Å². The third-order valence-corrected chi connectivity index (χ3v) is 1.33. The van der Waals surface area contributed by atoms with Crippen molar-refractivity contribution in [3.8, 4) is 0 Å². The molecule has 0 amide bonds. The van der Waals surface area contributed by atoms with E-state index in [1.807, 2.05) is 24.3 Å². The first-order chi connectivity index (χ1) is 4.47. The number of hydrogen-bond acceptors (Lipinski definition) is 1. The number of H-pyrrole nitrogens is 1. The summed E-state index contributed by atoms with van der Waals surface area (Å²) >= 11 is 0. The van der Waals surface area contributed by atoms with E-state index in [9.17, 15) is 0 Å². The predicted octanol–water partition coefficient (Wildman–Crippen LogP) is 1.56. The Hall–Kier alpha value is 0.274. The molecule has 1 radical (unpaired) electrons. The average Bonchev–Trinajstić information content (AvgIpc) is 2.33. The maximum absolute atomic E-state index is 4.06. The molecular weight excluding hydrogens is 264 g/mol. The number of benzene rings is 1. The Morgan fingerprint density at radius 2 is 2.00 bits per heavy atom. The molecule has 0 fully saturated rings. The van der Waals surface area contributed by atoms with Gasteiger partial charge in [0.05, 0.1) is 17.4 Å². The summed E-state index contributed by atoms with van der Waals surface area (Å²) in [6.45, 7) is 0. The fourth-order valence-electron chi connectivity index (χ4n) is 0.880. The van der Waals surface area contributed by atoms with E-state index in [2.05, 4.69) is 9.97 Å². The molecule has 2 aromatic rings.